The zero-order valence-electron chi connectivity index (χ0n) is 16.7. The molecule has 1 aromatic heterocycles. The largest absolute Gasteiger partial charge is 0.497 e. The minimum absolute atomic E-state index is 0.0481. The predicted octanol–water partition coefficient (Wildman–Crippen LogP) is 2.77. The zero-order valence-corrected chi connectivity index (χ0v) is 17.6. The number of hydrogen-bond acceptors (Lipinski definition) is 5. The number of methoxy groups -OCH3 is 1. The van der Waals surface area contributed by atoms with Gasteiger partial charge in [0.2, 0.25) is 11.8 Å². The molecule has 1 aliphatic rings. The molecule has 7 nitrogen and oxygen atoms in total. The van der Waals surface area contributed by atoms with Crippen molar-refractivity contribution in [2.45, 2.75) is 10.9 Å². The molecule has 2 aromatic carbocycles. The molecule has 0 fully saturated rings. The number of rotatable bonds is 6. The number of hydrogen-bond donors (Lipinski definition) is 1. The second-order valence-corrected chi connectivity index (χ2v) is 7.92. The van der Waals surface area contributed by atoms with E-state index in [-0.39, 0.29) is 18.4 Å². The highest BCUT2D eigenvalue weighted by Crippen LogP contribution is 2.34. The second kappa shape index (κ2) is 8.62. The Morgan fingerprint density at radius 1 is 1.23 bits per heavy atom. The third-order valence-corrected chi connectivity index (χ3v) is 6.03. The van der Waals surface area contributed by atoms with E-state index in [0.717, 1.165) is 21.9 Å². The lowest BCUT2D eigenvalue weighted by atomic mass is 10.1. The van der Waals surface area contributed by atoms with Crippen molar-refractivity contribution in [2.75, 3.05) is 24.3 Å². The van der Waals surface area contributed by atoms with Crippen molar-refractivity contribution in [3.8, 4) is 5.75 Å². The van der Waals surface area contributed by atoms with E-state index in [1.165, 1.54) is 11.8 Å². The standard InChI is InChI=1S/C22H22N4O3S/c1-25-12-11-23-22(25)21(15-7-9-16(29-2)10-8-15)24-19(27)13-26-17-5-3-4-6-18(17)30-14-20(26)28/h3-12,21H,13-14H2,1-2H3,(H,24,27)/t21-/m1/s1. The summed E-state index contributed by atoms with van der Waals surface area (Å²) in [4.78, 5) is 32.5. The van der Waals surface area contributed by atoms with Gasteiger partial charge in [0, 0.05) is 24.3 Å². The van der Waals surface area contributed by atoms with Crippen LogP contribution in [0.2, 0.25) is 0 Å². The molecule has 0 saturated carbocycles. The molecule has 0 radical (unpaired) electrons. The Morgan fingerprint density at radius 2 is 2.00 bits per heavy atom. The summed E-state index contributed by atoms with van der Waals surface area (Å²) in [6.07, 6.45) is 3.53. The fraction of sp³-hybridized carbons (Fsp3) is 0.227. The molecular formula is C22H22N4O3S. The fourth-order valence-corrected chi connectivity index (χ4v) is 4.36. The first-order valence-electron chi connectivity index (χ1n) is 9.49. The fourth-order valence-electron chi connectivity index (χ4n) is 3.43. The summed E-state index contributed by atoms with van der Waals surface area (Å²) in [5, 5.41) is 3.05. The van der Waals surface area contributed by atoms with Gasteiger partial charge in [-0.15, -0.1) is 11.8 Å². The van der Waals surface area contributed by atoms with Gasteiger partial charge in [0.05, 0.1) is 18.6 Å². The van der Waals surface area contributed by atoms with Gasteiger partial charge in [-0.3, -0.25) is 9.59 Å². The number of aromatic nitrogens is 2. The first kappa shape index (κ1) is 20.0. The van der Waals surface area contributed by atoms with E-state index in [1.54, 1.807) is 18.2 Å². The van der Waals surface area contributed by atoms with Gasteiger partial charge in [0.15, 0.2) is 0 Å². The summed E-state index contributed by atoms with van der Waals surface area (Å²) in [5.74, 6) is 1.43. The van der Waals surface area contributed by atoms with Crippen LogP contribution in [0.5, 0.6) is 5.75 Å². The molecule has 154 valence electrons. The van der Waals surface area contributed by atoms with E-state index in [2.05, 4.69) is 10.3 Å². The van der Waals surface area contributed by atoms with Crippen LogP contribution >= 0.6 is 11.8 Å². The average molecular weight is 423 g/mol. The lowest BCUT2D eigenvalue weighted by Gasteiger charge is -2.29. The number of carbonyl (C=O) groups is 2. The molecule has 30 heavy (non-hydrogen) atoms. The molecule has 0 bridgehead atoms. The molecule has 8 heteroatoms. The van der Waals surface area contributed by atoms with Crippen LogP contribution in [0.1, 0.15) is 17.4 Å². The lowest BCUT2D eigenvalue weighted by Crippen LogP contribution is -2.44. The molecule has 0 saturated heterocycles. The Bertz CT molecular complexity index is 1060. The number of nitrogens with one attached hydrogen (secondary N) is 1. The Labute approximate surface area is 179 Å². The van der Waals surface area contributed by atoms with Crippen molar-refractivity contribution in [3.05, 3.63) is 72.3 Å². The summed E-state index contributed by atoms with van der Waals surface area (Å²) in [6.45, 7) is -0.0481. The van der Waals surface area contributed by atoms with Gasteiger partial charge in [-0.05, 0) is 29.8 Å². The molecule has 0 aliphatic carbocycles. The number of aryl methyl sites for hydroxylation is 1. The number of benzene rings is 2. The van der Waals surface area contributed by atoms with Crippen molar-refractivity contribution < 1.29 is 14.3 Å². The summed E-state index contributed by atoms with van der Waals surface area (Å²) in [5.41, 5.74) is 1.64. The molecule has 2 amide bonds. The van der Waals surface area contributed by atoms with Gasteiger partial charge in [-0.25, -0.2) is 4.98 Å². The minimum atomic E-state index is -0.451. The second-order valence-electron chi connectivity index (χ2n) is 6.91. The zero-order chi connectivity index (χ0) is 21.1. The maximum absolute atomic E-state index is 13.0. The topological polar surface area (TPSA) is 76.5 Å². The van der Waals surface area contributed by atoms with Crippen LogP contribution in [0.4, 0.5) is 5.69 Å². The molecule has 3 aromatic rings. The maximum Gasteiger partial charge on any atom is 0.240 e. The predicted molar refractivity (Wildman–Crippen MR) is 116 cm³/mol. The third-order valence-electron chi connectivity index (χ3n) is 4.98. The van der Waals surface area contributed by atoms with Crippen molar-refractivity contribution in [3.63, 3.8) is 0 Å². The first-order chi connectivity index (χ1) is 14.6. The monoisotopic (exact) mass is 422 g/mol. The number of para-hydroxylation sites is 1. The normalized spacial score (nSPS) is 14.2. The molecule has 1 aliphatic heterocycles. The highest BCUT2D eigenvalue weighted by atomic mass is 32.2. The molecule has 0 spiro atoms. The van der Waals surface area contributed by atoms with Crippen LogP contribution in [-0.4, -0.2) is 40.8 Å². The Balaban J connectivity index is 1.58. The van der Waals surface area contributed by atoms with Crippen LogP contribution in [-0.2, 0) is 16.6 Å². The smallest absolute Gasteiger partial charge is 0.240 e. The number of imidazole rings is 1. The molecule has 2 heterocycles. The number of ether oxygens (including phenoxy) is 1. The van der Waals surface area contributed by atoms with E-state index in [4.69, 9.17) is 4.74 Å². The van der Waals surface area contributed by atoms with Crippen molar-refractivity contribution in [1.82, 2.24) is 14.9 Å². The van der Waals surface area contributed by atoms with Gasteiger partial charge in [0.25, 0.3) is 0 Å². The van der Waals surface area contributed by atoms with E-state index < -0.39 is 6.04 Å². The average Bonchev–Trinajstić information content (AvgIpc) is 3.20. The van der Waals surface area contributed by atoms with E-state index in [0.29, 0.717) is 11.6 Å². The van der Waals surface area contributed by atoms with Gasteiger partial charge in [0.1, 0.15) is 24.2 Å². The molecule has 1 N–H and O–H groups in total. The molecule has 4 rings (SSSR count). The number of fused-ring (bicyclic) bond motifs is 1. The number of amides is 2. The first-order valence-corrected chi connectivity index (χ1v) is 10.5. The Kier molecular flexibility index (Phi) is 5.76. The van der Waals surface area contributed by atoms with Crippen LogP contribution < -0.4 is 15.0 Å². The number of thioether (sulfide) groups is 1. The molecular weight excluding hydrogens is 400 g/mol. The van der Waals surface area contributed by atoms with Gasteiger partial charge < -0.3 is 19.5 Å². The summed E-state index contributed by atoms with van der Waals surface area (Å²) >= 11 is 1.49. The highest BCUT2D eigenvalue weighted by Gasteiger charge is 2.28. The van der Waals surface area contributed by atoms with E-state index in [9.17, 15) is 9.59 Å². The summed E-state index contributed by atoms with van der Waals surface area (Å²) < 4.78 is 7.10. The third kappa shape index (κ3) is 4.04. The maximum atomic E-state index is 13.0. The number of anilines is 1. The SMILES string of the molecule is COc1ccc([C@@H](NC(=O)CN2C(=O)CSc3ccccc32)c2nccn2C)cc1. The van der Waals surface area contributed by atoms with Crippen molar-refractivity contribution >= 4 is 29.3 Å². The lowest BCUT2D eigenvalue weighted by molar-refractivity contribution is -0.123. The molecule has 0 unspecified atom stereocenters. The van der Waals surface area contributed by atoms with Crippen molar-refractivity contribution in [2.24, 2.45) is 7.05 Å². The Morgan fingerprint density at radius 3 is 2.70 bits per heavy atom. The molecule has 1 atom stereocenters. The van der Waals surface area contributed by atoms with Crippen molar-refractivity contribution in [1.29, 1.82) is 0 Å². The quantitative estimate of drug-likeness (QED) is 0.661. The van der Waals surface area contributed by atoms with Crippen LogP contribution in [0, 0.1) is 0 Å². The van der Waals surface area contributed by atoms with E-state index >= 15 is 0 Å². The number of carbonyl (C=O) groups excluding carboxylic acids is 2. The summed E-state index contributed by atoms with van der Waals surface area (Å²) in [6, 6.07) is 14.7. The van der Waals surface area contributed by atoms with Gasteiger partial charge in [-0.2, -0.15) is 0 Å². The van der Waals surface area contributed by atoms with Crippen LogP contribution in [0.15, 0.2) is 65.8 Å². The van der Waals surface area contributed by atoms with Gasteiger partial charge in [-0.1, -0.05) is 24.3 Å². The minimum Gasteiger partial charge on any atom is -0.497 e. The van der Waals surface area contributed by atoms with Gasteiger partial charge >= 0.3 is 0 Å². The van der Waals surface area contributed by atoms with Crippen LogP contribution in [0.25, 0.3) is 0 Å². The van der Waals surface area contributed by atoms with Crippen LogP contribution in [0.3, 0.4) is 0 Å². The highest BCUT2D eigenvalue weighted by molar-refractivity contribution is 8.00. The van der Waals surface area contributed by atoms with E-state index in [1.807, 2.05) is 66.3 Å². The number of nitrogens with zero attached hydrogens (tertiary/aromatic N) is 3. The Hall–Kier alpha value is -3.26. The summed E-state index contributed by atoms with van der Waals surface area (Å²) in [7, 11) is 3.49.